The summed E-state index contributed by atoms with van der Waals surface area (Å²) in [5.74, 6) is 0.0824. The Balaban J connectivity index is 2.21. The van der Waals surface area contributed by atoms with Crippen LogP contribution in [0.25, 0.3) is 0 Å². The lowest BCUT2D eigenvalue weighted by Crippen LogP contribution is -2.43. The van der Waals surface area contributed by atoms with Gasteiger partial charge in [0.2, 0.25) is 5.91 Å². The summed E-state index contributed by atoms with van der Waals surface area (Å²) in [7, 11) is 0. The van der Waals surface area contributed by atoms with Crippen molar-refractivity contribution in [3.8, 4) is 6.07 Å². The highest BCUT2D eigenvalue weighted by atomic mass is 16.2. The number of carbonyl (C=O) groups excluding carboxylic acids is 1. The van der Waals surface area contributed by atoms with E-state index in [2.05, 4.69) is 13.0 Å². The average Bonchev–Trinajstić information content (AvgIpc) is 2.74. The Morgan fingerprint density at radius 2 is 2.30 bits per heavy atom. The van der Waals surface area contributed by atoms with E-state index in [-0.39, 0.29) is 12.5 Å². The van der Waals surface area contributed by atoms with Gasteiger partial charge >= 0.3 is 0 Å². The number of hydrogen-bond donors (Lipinski definition) is 1. The van der Waals surface area contributed by atoms with E-state index in [1.165, 1.54) is 6.42 Å². The lowest BCUT2D eigenvalue weighted by atomic mass is 10.0. The Labute approximate surface area is 120 Å². The molecule has 108 valence electrons. The smallest absolute Gasteiger partial charge is 0.242 e. The fourth-order valence-electron chi connectivity index (χ4n) is 2.97. The molecule has 2 heterocycles. The van der Waals surface area contributed by atoms with Crippen LogP contribution in [0.2, 0.25) is 0 Å². The van der Waals surface area contributed by atoms with Crippen molar-refractivity contribution >= 4 is 11.6 Å². The maximum absolute atomic E-state index is 12.5. The van der Waals surface area contributed by atoms with Gasteiger partial charge in [0.25, 0.3) is 0 Å². The van der Waals surface area contributed by atoms with E-state index in [1.807, 2.05) is 11.8 Å². The first-order valence-electron chi connectivity index (χ1n) is 7.26. The molecule has 1 aromatic rings. The monoisotopic (exact) mass is 274 g/mol. The standard InChI is InChI=1S/C15H22N4O/c1-3-14-13(17)8-12(9-16)19(14)10-15(20)18-7-5-4-6-11(18)2/h8,11H,3-7,10,17H2,1-2H3/t11-/m1/s1. The number of hydrogen-bond acceptors (Lipinski definition) is 3. The number of anilines is 1. The minimum atomic E-state index is 0.0824. The number of nitrogen functional groups attached to an aromatic ring is 1. The molecule has 20 heavy (non-hydrogen) atoms. The van der Waals surface area contributed by atoms with Gasteiger partial charge in [0.1, 0.15) is 18.3 Å². The number of rotatable bonds is 3. The second-order valence-corrected chi connectivity index (χ2v) is 5.42. The van der Waals surface area contributed by atoms with E-state index in [0.29, 0.717) is 17.4 Å². The van der Waals surface area contributed by atoms with E-state index in [4.69, 9.17) is 5.73 Å². The van der Waals surface area contributed by atoms with Gasteiger partial charge in [-0.2, -0.15) is 5.26 Å². The lowest BCUT2D eigenvalue weighted by Gasteiger charge is -2.33. The zero-order valence-electron chi connectivity index (χ0n) is 12.2. The number of aromatic nitrogens is 1. The van der Waals surface area contributed by atoms with Crippen LogP contribution in [-0.4, -0.2) is 28.0 Å². The summed E-state index contributed by atoms with van der Waals surface area (Å²) in [6, 6.07) is 4.07. The maximum atomic E-state index is 12.5. The van der Waals surface area contributed by atoms with Crippen LogP contribution < -0.4 is 5.73 Å². The van der Waals surface area contributed by atoms with Crippen LogP contribution in [0.1, 0.15) is 44.5 Å². The Morgan fingerprint density at radius 1 is 1.55 bits per heavy atom. The molecule has 0 aromatic carbocycles. The second-order valence-electron chi connectivity index (χ2n) is 5.42. The second kappa shape index (κ2) is 6.00. The highest BCUT2D eigenvalue weighted by molar-refractivity contribution is 5.77. The van der Waals surface area contributed by atoms with Crippen molar-refractivity contribution in [1.82, 2.24) is 9.47 Å². The predicted molar refractivity (Wildman–Crippen MR) is 78.0 cm³/mol. The van der Waals surface area contributed by atoms with Gasteiger partial charge in [-0.1, -0.05) is 6.92 Å². The molecular formula is C15H22N4O. The number of nitriles is 1. The third-order valence-electron chi connectivity index (χ3n) is 4.11. The van der Waals surface area contributed by atoms with Crippen LogP contribution in [0.4, 0.5) is 5.69 Å². The number of nitrogens with zero attached hydrogens (tertiary/aromatic N) is 3. The van der Waals surface area contributed by atoms with Crippen molar-refractivity contribution in [2.24, 2.45) is 0 Å². The molecule has 5 nitrogen and oxygen atoms in total. The SMILES string of the molecule is CCc1c(N)cc(C#N)n1CC(=O)N1CCCC[C@H]1C. The molecule has 5 heteroatoms. The molecule has 0 spiro atoms. The summed E-state index contributed by atoms with van der Waals surface area (Å²) in [6.45, 7) is 5.11. The fourth-order valence-corrected chi connectivity index (χ4v) is 2.97. The largest absolute Gasteiger partial charge is 0.397 e. The first-order valence-corrected chi connectivity index (χ1v) is 7.26. The van der Waals surface area contributed by atoms with Crippen molar-refractivity contribution in [2.75, 3.05) is 12.3 Å². The van der Waals surface area contributed by atoms with E-state index >= 15 is 0 Å². The van der Waals surface area contributed by atoms with Crippen LogP contribution in [-0.2, 0) is 17.8 Å². The Kier molecular flexibility index (Phi) is 4.33. The average molecular weight is 274 g/mol. The predicted octanol–water partition coefficient (Wildman–Crippen LogP) is 1.91. The minimum Gasteiger partial charge on any atom is -0.397 e. The van der Waals surface area contributed by atoms with Gasteiger partial charge in [-0.05, 0) is 38.7 Å². The van der Waals surface area contributed by atoms with Gasteiger partial charge < -0.3 is 15.2 Å². The molecule has 1 aliphatic heterocycles. The van der Waals surface area contributed by atoms with E-state index in [0.717, 1.165) is 31.5 Å². The molecule has 0 saturated carbocycles. The summed E-state index contributed by atoms with van der Waals surface area (Å²) < 4.78 is 1.76. The van der Waals surface area contributed by atoms with Crippen LogP contribution in [0.3, 0.4) is 0 Å². The molecule has 1 fully saturated rings. The Hall–Kier alpha value is -1.96. The molecule has 2 rings (SSSR count). The fraction of sp³-hybridized carbons (Fsp3) is 0.600. The number of amides is 1. The molecule has 1 aromatic heterocycles. The zero-order chi connectivity index (χ0) is 14.7. The topological polar surface area (TPSA) is 75.0 Å². The van der Waals surface area contributed by atoms with Gasteiger partial charge in [-0.3, -0.25) is 4.79 Å². The Bertz CT molecular complexity index is 541. The molecule has 1 saturated heterocycles. The van der Waals surface area contributed by atoms with E-state index in [9.17, 15) is 10.1 Å². The van der Waals surface area contributed by atoms with Gasteiger partial charge in [-0.15, -0.1) is 0 Å². The van der Waals surface area contributed by atoms with Crippen molar-refractivity contribution in [3.05, 3.63) is 17.5 Å². The summed E-state index contributed by atoms with van der Waals surface area (Å²) >= 11 is 0. The third kappa shape index (κ3) is 2.64. The maximum Gasteiger partial charge on any atom is 0.242 e. The van der Waals surface area contributed by atoms with E-state index in [1.54, 1.807) is 10.6 Å². The highest BCUT2D eigenvalue weighted by Crippen LogP contribution is 2.21. The summed E-state index contributed by atoms with van der Waals surface area (Å²) in [5.41, 5.74) is 7.86. The Morgan fingerprint density at radius 3 is 2.90 bits per heavy atom. The number of piperidine rings is 1. The van der Waals surface area contributed by atoms with Crippen LogP contribution >= 0.6 is 0 Å². The summed E-state index contributed by atoms with van der Waals surface area (Å²) in [5, 5.41) is 9.18. The molecule has 2 N–H and O–H groups in total. The minimum absolute atomic E-state index is 0.0824. The quantitative estimate of drug-likeness (QED) is 0.914. The van der Waals surface area contributed by atoms with Crippen molar-refractivity contribution < 1.29 is 4.79 Å². The van der Waals surface area contributed by atoms with Gasteiger partial charge in [-0.25, -0.2) is 0 Å². The molecule has 1 amide bonds. The van der Waals surface area contributed by atoms with Crippen molar-refractivity contribution in [2.45, 2.75) is 52.1 Å². The normalized spacial score (nSPS) is 18.9. The molecule has 1 aliphatic rings. The molecule has 0 unspecified atom stereocenters. The van der Waals surface area contributed by atoms with Crippen LogP contribution in [0.5, 0.6) is 0 Å². The molecule has 0 aliphatic carbocycles. The number of carbonyl (C=O) groups is 1. The first kappa shape index (κ1) is 14.4. The molecular weight excluding hydrogens is 252 g/mol. The van der Waals surface area contributed by atoms with Gasteiger partial charge in [0, 0.05) is 18.3 Å². The first-order chi connectivity index (χ1) is 9.58. The van der Waals surface area contributed by atoms with E-state index < -0.39 is 0 Å². The number of nitrogens with two attached hydrogens (primary N) is 1. The molecule has 1 atom stereocenters. The zero-order valence-corrected chi connectivity index (χ0v) is 12.2. The van der Waals surface area contributed by atoms with Crippen LogP contribution in [0, 0.1) is 11.3 Å². The van der Waals surface area contributed by atoms with Crippen molar-refractivity contribution in [3.63, 3.8) is 0 Å². The number of likely N-dealkylation sites (tertiary alicyclic amines) is 1. The lowest BCUT2D eigenvalue weighted by molar-refractivity contribution is -0.135. The third-order valence-corrected chi connectivity index (χ3v) is 4.11. The highest BCUT2D eigenvalue weighted by Gasteiger charge is 2.24. The molecule has 0 bridgehead atoms. The van der Waals surface area contributed by atoms with Crippen molar-refractivity contribution in [1.29, 1.82) is 5.26 Å². The molecule has 0 radical (unpaired) electrons. The summed E-state index contributed by atoms with van der Waals surface area (Å²) in [4.78, 5) is 14.4. The summed E-state index contributed by atoms with van der Waals surface area (Å²) in [6.07, 6.45) is 4.03. The van der Waals surface area contributed by atoms with Gasteiger partial charge in [0.05, 0.1) is 5.69 Å². The van der Waals surface area contributed by atoms with Crippen LogP contribution in [0.15, 0.2) is 6.07 Å². The van der Waals surface area contributed by atoms with Gasteiger partial charge in [0.15, 0.2) is 0 Å².